The lowest BCUT2D eigenvalue weighted by atomic mass is 9.86. The van der Waals surface area contributed by atoms with Gasteiger partial charge in [0.05, 0.1) is 24.1 Å². The second kappa shape index (κ2) is 13.0. The molecule has 41 heavy (non-hydrogen) atoms. The van der Waals surface area contributed by atoms with Gasteiger partial charge in [-0.25, -0.2) is 9.97 Å². The molecule has 8 nitrogen and oxygen atoms in total. The number of piperidine rings is 2. The molecule has 0 spiro atoms. The standard InChI is InChI=1S/C32H49N6O2P/c1-23-20-37(32(4)12-16-36(17-13-32)30(39)29-24(2)33-22-34-25(29)3)18-19-38(23)31(41)27-10-14-35(15-11-27)21-26-6-8-28(40-5)9-7-26/h6-9,22-23,27,31H,10-21,41H2,1-5H3/t23-,31-/m0/s1. The summed E-state index contributed by atoms with van der Waals surface area (Å²) in [6.07, 6.45) is 6.07. The van der Waals surface area contributed by atoms with E-state index in [1.165, 1.54) is 18.4 Å². The molecule has 1 amide bonds. The first kappa shape index (κ1) is 30.3. The van der Waals surface area contributed by atoms with Gasteiger partial charge in [-0.15, -0.1) is 9.24 Å². The van der Waals surface area contributed by atoms with E-state index in [1.54, 1.807) is 13.4 Å². The van der Waals surface area contributed by atoms with Gasteiger partial charge in [-0.2, -0.15) is 0 Å². The van der Waals surface area contributed by atoms with Crippen molar-refractivity contribution in [1.82, 2.24) is 29.6 Å². The van der Waals surface area contributed by atoms with E-state index in [0.29, 0.717) is 17.4 Å². The Hall–Kier alpha value is -2.12. The Morgan fingerprint density at radius 2 is 1.66 bits per heavy atom. The zero-order chi connectivity index (χ0) is 29.1. The second-order valence-corrected chi connectivity index (χ2v) is 13.4. The number of carbonyl (C=O) groups excluding carboxylic acids is 1. The van der Waals surface area contributed by atoms with Crippen LogP contribution in [-0.2, 0) is 6.54 Å². The number of ether oxygens (including phenoxy) is 1. The first-order valence-corrected chi connectivity index (χ1v) is 16.0. The summed E-state index contributed by atoms with van der Waals surface area (Å²) in [6.45, 7) is 16.9. The van der Waals surface area contributed by atoms with Crippen LogP contribution in [0.15, 0.2) is 30.6 Å². The summed E-state index contributed by atoms with van der Waals surface area (Å²) in [4.78, 5) is 31.9. The lowest BCUT2D eigenvalue weighted by Crippen LogP contribution is -2.63. The Morgan fingerprint density at radius 3 is 2.24 bits per heavy atom. The average molecular weight is 581 g/mol. The smallest absolute Gasteiger partial charge is 0.257 e. The fourth-order valence-electron chi connectivity index (χ4n) is 7.19. The van der Waals surface area contributed by atoms with Crippen LogP contribution < -0.4 is 4.74 Å². The molecule has 224 valence electrons. The number of hydrogen-bond donors (Lipinski definition) is 0. The van der Waals surface area contributed by atoms with Crippen molar-refractivity contribution in [2.45, 2.75) is 77.3 Å². The van der Waals surface area contributed by atoms with E-state index in [-0.39, 0.29) is 11.4 Å². The van der Waals surface area contributed by atoms with Crippen LogP contribution in [-0.4, -0.2) is 106 Å². The van der Waals surface area contributed by atoms with Gasteiger partial charge in [0.2, 0.25) is 0 Å². The molecular formula is C32H49N6O2P. The topological polar surface area (TPSA) is 65.0 Å². The summed E-state index contributed by atoms with van der Waals surface area (Å²) in [7, 11) is 4.94. The molecule has 2 aromatic rings. The Balaban J connectivity index is 1.09. The molecule has 0 radical (unpaired) electrons. The highest BCUT2D eigenvalue weighted by Gasteiger charge is 2.41. The lowest BCUT2D eigenvalue weighted by Gasteiger charge is -2.53. The normalized spacial score (nSPS) is 23.9. The summed E-state index contributed by atoms with van der Waals surface area (Å²) in [5, 5.41) is 0. The molecule has 1 aromatic carbocycles. The summed E-state index contributed by atoms with van der Waals surface area (Å²) >= 11 is 0. The highest BCUT2D eigenvalue weighted by Crippen LogP contribution is 2.35. The van der Waals surface area contributed by atoms with Gasteiger partial charge in [0.25, 0.3) is 5.91 Å². The molecule has 9 heteroatoms. The maximum absolute atomic E-state index is 13.3. The molecule has 3 aliphatic rings. The minimum absolute atomic E-state index is 0.0849. The Labute approximate surface area is 249 Å². The molecule has 0 bridgehead atoms. The Kier molecular flexibility index (Phi) is 9.64. The number of amides is 1. The Morgan fingerprint density at radius 1 is 1.02 bits per heavy atom. The van der Waals surface area contributed by atoms with E-state index in [1.807, 2.05) is 18.7 Å². The zero-order valence-electron chi connectivity index (χ0n) is 25.7. The third-order valence-electron chi connectivity index (χ3n) is 10.1. The van der Waals surface area contributed by atoms with Gasteiger partial charge in [-0.3, -0.25) is 19.5 Å². The first-order chi connectivity index (χ1) is 19.7. The van der Waals surface area contributed by atoms with Crippen molar-refractivity contribution in [3.8, 4) is 5.75 Å². The van der Waals surface area contributed by atoms with Crippen molar-refractivity contribution in [2.75, 3.05) is 52.9 Å². The zero-order valence-corrected chi connectivity index (χ0v) is 26.8. The summed E-state index contributed by atoms with van der Waals surface area (Å²) < 4.78 is 5.31. The number of hydrogen-bond acceptors (Lipinski definition) is 7. The maximum atomic E-state index is 13.3. The monoisotopic (exact) mass is 580 g/mol. The SMILES string of the molecule is COc1ccc(CN2CCC([C@H](P)N3CCN(C4(C)CCN(C(=O)c5c(C)ncnc5C)CC4)C[C@@H]3C)CC2)cc1. The number of aryl methyl sites for hydroxylation is 2. The number of nitrogens with zero attached hydrogens (tertiary/aromatic N) is 6. The highest BCUT2D eigenvalue weighted by atomic mass is 31.0. The van der Waals surface area contributed by atoms with Crippen LogP contribution in [0, 0.1) is 19.8 Å². The minimum Gasteiger partial charge on any atom is -0.497 e. The van der Waals surface area contributed by atoms with Crippen LogP contribution in [0.1, 0.15) is 66.8 Å². The largest absolute Gasteiger partial charge is 0.497 e. The van der Waals surface area contributed by atoms with E-state index in [4.69, 9.17) is 4.74 Å². The Bertz CT molecular complexity index is 1160. The average Bonchev–Trinajstić information content (AvgIpc) is 2.98. The number of rotatable bonds is 7. The molecule has 1 aromatic heterocycles. The van der Waals surface area contributed by atoms with Gasteiger partial charge in [0, 0.05) is 56.6 Å². The van der Waals surface area contributed by atoms with Crippen LogP contribution in [0.3, 0.4) is 0 Å². The van der Waals surface area contributed by atoms with Crippen molar-refractivity contribution in [2.24, 2.45) is 5.92 Å². The van der Waals surface area contributed by atoms with Crippen molar-refractivity contribution in [3.05, 3.63) is 53.1 Å². The predicted octanol–water partition coefficient (Wildman–Crippen LogP) is 4.22. The molecular weight excluding hydrogens is 531 g/mol. The molecule has 3 saturated heterocycles. The number of carbonyl (C=O) groups is 1. The van der Waals surface area contributed by atoms with Crippen LogP contribution in [0.2, 0.25) is 0 Å². The molecule has 0 aliphatic carbocycles. The van der Waals surface area contributed by atoms with Gasteiger partial charge < -0.3 is 9.64 Å². The predicted molar refractivity (Wildman–Crippen MR) is 167 cm³/mol. The van der Waals surface area contributed by atoms with Crippen LogP contribution in [0.25, 0.3) is 0 Å². The van der Waals surface area contributed by atoms with E-state index < -0.39 is 0 Å². The van der Waals surface area contributed by atoms with Crippen LogP contribution in [0.5, 0.6) is 5.75 Å². The molecule has 5 rings (SSSR count). The minimum atomic E-state index is 0.0849. The third kappa shape index (κ3) is 6.77. The summed E-state index contributed by atoms with van der Waals surface area (Å²) in [5.74, 6) is 2.26. The number of piperazine rings is 1. The quantitative estimate of drug-likeness (QED) is 0.455. The van der Waals surface area contributed by atoms with Gasteiger partial charge in [-0.05, 0) is 90.1 Å². The molecule has 3 fully saturated rings. The van der Waals surface area contributed by atoms with Gasteiger partial charge in [-0.1, -0.05) is 12.1 Å². The number of methoxy groups -OCH3 is 1. The third-order valence-corrected chi connectivity index (χ3v) is 11.0. The lowest BCUT2D eigenvalue weighted by molar-refractivity contribution is -0.0284. The van der Waals surface area contributed by atoms with Gasteiger partial charge >= 0.3 is 0 Å². The van der Waals surface area contributed by atoms with E-state index in [0.717, 1.165) is 88.3 Å². The molecule has 3 aliphatic heterocycles. The number of aromatic nitrogens is 2. The number of benzene rings is 1. The van der Waals surface area contributed by atoms with E-state index >= 15 is 0 Å². The van der Waals surface area contributed by atoms with Crippen molar-refractivity contribution in [1.29, 1.82) is 0 Å². The molecule has 0 N–H and O–H groups in total. The second-order valence-electron chi connectivity index (χ2n) is 12.7. The first-order valence-electron chi connectivity index (χ1n) is 15.4. The molecule has 4 heterocycles. The summed E-state index contributed by atoms with van der Waals surface area (Å²) in [5.41, 5.74) is 3.72. The van der Waals surface area contributed by atoms with Crippen LogP contribution >= 0.6 is 9.24 Å². The van der Waals surface area contributed by atoms with Crippen molar-refractivity contribution < 1.29 is 9.53 Å². The van der Waals surface area contributed by atoms with E-state index in [2.05, 4.69) is 72.0 Å². The number of likely N-dealkylation sites (tertiary alicyclic amines) is 2. The highest BCUT2D eigenvalue weighted by molar-refractivity contribution is 7.17. The molecule has 0 saturated carbocycles. The van der Waals surface area contributed by atoms with Crippen LogP contribution in [0.4, 0.5) is 0 Å². The summed E-state index contributed by atoms with van der Waals surface area (Å²) in [6, 6.07) is 9.02. The maximum Gasteiger partial charge on any atom is 0.257 e. The molecule has 1 unspecified atom stereocenters. The van der Waals surface area contributed by atoms with E-state index in [9.17, 15) is 4.79 Å². The van der Waals surface area contributed by atoms with Crippen molar-refractivity contribution in [3.63, 3.8) is 0 Å². The van der Waals surface area contributed by atoms with Crippen molar-refractivity contribution >= 4 is 15.1 Å². The molecule has 3 atom stereocenters. The fourth-order valence-corrected chi connectivity index (χ4v) is 8.01. The van der Waals surface area contributed by atoms with Gasteiger partial charge in [0.15, 0.2) is 0 Å². The fraction of sp³-hybridized carbons (Fsp3) is 0.656. The van der Waals surface area contributed by atoms with Gasteiger partial charge in [0.1, 0.15) is 12.1 Å².